The molecule has 1 N–H and O–H groups in total. The summed E-state index contributed by atoms with van der Waals surface area (Å²) in [7, 11) is 0. The number of aromatic nitrogens is 1. The molecule has 3 aromatic rings. The highest BCUT2D eigenvalue weighted by Gasteiger charge is 2.29. The number of carbonyl (C=O) groups is 1. The molecule has 0 unspecified atom stereocenters. The normalized spacial score (nSPS) is 14.7. The summed E-state index contributed by atoms with van der Waals surface area (Å²) in [5.41, 5.74) is 2.26. The van der Waals surface area contributed by atoms with Crippen LogP contribution in [-0.4, -0.2) is 24.0 Å². The summed E-state index contributed by atoms with van der Waals surface area (Å²) in [5, 5.41) is 12.5. The second-order valence-corrected chi connectivity index (χ2v) is 7.79. The third-order valence-electron chi connectivity index (χ3n) is 5.42. The van der Waals surface area contributed by atoms with Crippen molar-refractivity contribution in [1.82, 2.24) is 4.98 Å². The van der Waals surface area contributed by atoms with Crippen molar-refractivity contribution in [2.75, 3.05) is 23.3 Å². The summed E-state index contributed by atoms with van der Waals surface area (Å²) in [4.78, 5) is 19.0. The molecule has 154 valence electrons. The Morgan fingerprint density at radius 3 is 2.73 bits per heavy atom. The third kappa shape index (κ3) is 4.08. The van der Waals surface area contributed by atoms with Gasteiger partial charge in [-0.25, -0.2) is 0 Å². The van der Waals surface area contributed by atoms with Gasteiger partial charge in [-0.2, -0.15) is 10.2 Å². The maximum Gasteiger partial charge on any atom is 0.266 e. The van der Waals surface area contributed by atoms with Crippen molar-refractivity contribution in [3.05, 3.63) is 53.9 Å². The molecule has 0 aliphatic carbocycles. The molecule has 1 fully saturated rings. The number of carbonyl (C=O) groups excluding carboxylic acids is 1. The van der Waals surface area contributed by atoms with Crippen molar-refractivity contribution in [2.24, 2.45) is 5.92 Å². The number of nitrogens with one attached hydrogen (secondary N) is 1. The van der Waals surface area contributed by atoms with Crippen LogP contribution in [0.25, 0.3) is 11.7 Å². The lowest BCUT2D eigenvalue weighted by Gasteiger charge is -2.31. The highest BCUT2D eigenvalue weighted by Crippen LogP contribution is 2.31. The van der Waals surface area contributed by atoms with Crippen molar-refractivity contribution in [2.45, 2.75) is 32.6 Å². The zero-order chi connectivity index (χ0) is 21.1. The molecular weight excluding hydrogens is 380 g/mol. The van der Waals surface area contributed by atoms with E-state index in [-0.39, 0.29) is 23.4 Å². The molecule has 3 heterocycles. The summed E-state index contributed by atoms with van der Waals surface area (Å²) in [6, 6.07) is 13.6. The van der Waals surface area contributed by atoms with Crippen LogP contribution in [-0.2, 0) is 4.79 Å². The van der Waals surface area contributed by atoms with Gasteiger partial charge in [0.25, 0.3) is 5.89 Å². The van der Waals surface area contributed by atoms with Crippen LogP contribution in [0, 0.1) is 17.2 Å². The van der Waals surface area contributed by atoms with Gasteiger partial charge in [-0.15, -0.1) is 0 Å². The number of amides is 1. The zero-order valence-electron chi connectivity index (χ0n) is 17.1. The Hall–Kier alpha value is -3.53. The Bertz CT molecular complexity index is 1050. The molecule has 0 saturated carbocycles. The summed E-state index contributed by atoms with van der Waals surface area (Å²) in [5.74, 6) is 1.57. The molecule has 0 radical (unpaired) electrons. The van der Waals surface area contributed by atoms with Crippen molar-refractivity contribution < 1.29 is 13.6 Å². The minimum atomic E-state index is -0.0815. The van der Waals surface area contributed by atoms with E-state index in [1.165, 1.54) is 11.8 Å². The van der Waals surface area contributed by atoms with Crippen molar-refractivity contribution >= 4 is 17.5 Å². The Morgan fingerprint density at radius 2 is 2.07 bits per heavy atom. The first-order valence-electron chi connectivity index (χ1n) is 10.2. The maximum absolute atomic E-state index is 12.7. The Morgan fingerprint density at radius 1 is 1.27 bits per heavy atom. The van der Waals surface area contributed by atoms with Gasteiger partial charge in [-0.3, -0.25) is 4.79 Å². The molecule has 7 heteroatoms. The quantitative estimate of drug-likeness (QED) is 0.657. The number of piperidine rings is 1. The van der Waals surface area contributed by atoms with E-state index in [2.05, 4.69) is 36.3 Å². The molecule has 0 spiro atoms. The van der Waals surface area contributed by atoms with Crippen molar-refractivity contribution in [1.29, 1.82) is 5.26 Å². The zero-order valence-corrected chi connectivity index (χ0v) is 17.1. The number of anilines is 2. The average molecular weight is 404 g/mol. The van der Waals surface area contributed by atoms with Crippen LogP contribution in [0.2, 0.25) is 0 Å². The highest BCUT2D eigenvalue weighted by atomic mass is 16.4. The molecule has 0 bridgehead atoms. The second-order valence-electron chi connectivity index (χ2n) is 7.79. The maximum atomic E-state index is 12.7. The predicted octanol–water partition coefficient (Wildman–Crippen LogP) is 4.78. The van der Waals surface area contributed by atoms with Crippen LogP contribution in [0.4, 0.5) is 11.6 Å². The number of nitrogens with zero attached hydrogens (tertiary/aromatic N) is 3. The van der Waals surface area contributed by atoms with E-state index in [4.69, 9.17) is 8.83 Å². The van der Waals surface area contributed by atoms with Gasteiger partial charge in [-0.1, -0.05) is 26.0 Å². The van der Waals surface area contributed by atoms with Crippen LogP contribution in [0.1, 0.15) is 43.9 Å². The van der Waals surface area contributed by atoms with Crippen LogP contribution in [0.5, 0.6) is 0 Å². The number of rotatable bonds is 5. The first-order chi connectivity index (χ1) is 14.5. The molecule has 1 aliphatic rings. The number of nitriles is 1. The number of hydrogen-bond donors (Lipinski definition) is 1. The number of hydrogen-bond acceptors (Lipinski definition) is 6. The van der Waals surface area contributed by atoms with Crippen LogP contribution < -0.4 is 10.2 Å². The molecule has 4 rings (SSSR count). The van der Waals surface area contributed by atoms with Crippen LogP contribution in [0.15, 0.2) is 51.5 Å². The standard InChI is InChI=1S/C23H24N4O3/c1-15(2)17-5-3-6-18(13-17)25-21(28)16-8-10-27(11-9-16)23-19(14-24)26-22(30-23)20-7-4-12-29-20/h3-7,12-13,15-16H,8-11H2,1-2H3,(H,25,28). The van der Waals surface area contributed by atoms with E-state index in [1.54, 1.807) is 12.1 Å². The predicted molar refractivity (Wildman–Crippen MR) is 113 cm³/mol. The highest BCUT2D eigenvalue weighted by molar-refractivity contribution is 5.92. The number of oxazole rings is 1. The van der Waals surface area contributed by atoms with Crippen molar-refractivity contribution in [3.8, 4) is 17.7 Å². The molecule has 1 aliphatic heterocycles. The molecular formula is C23H24N4O3. The SMILES string of the molecule is CC(C)c1cccc(NC(=O)C2CCN(c3oc(-c4ccco4)nc3C#N)CC2)c1. The topological polar surface area (TPSA) is 95.3 Å². The summed E-state index contributed by atoms with van der Waals surface area (Å²) in [6.07, 6.45) is 2.89. The minimum absolute atomic E-state index is 0.0323. The van der Waals surface area contributed by atoms with E-state index in [1.807, 2.05) is 23.1 Å². The second kappa shape index (κ2) is 8.46. The van der Waals surface area contributed by atoms with E-state index >= 15 is 0 Å². The van der Waals surface area contributed by atoms with Gasteiger partial charge in [0.05, 0.1) is 6.26 Å². The first-order valence-corrected chi connectivity index (χ1v) is 10.2. The molecule has 30 heavy (non-hydrogen) atoms. The van der Waals surface area contributed by atoms with Gasteiger partial charge in [0.2, 0.25) is 17.5 Å². The van der Waals surface area contributed by atoms with Crippen LogP contribution >= 0.6 is 0 Å². The largest absolute Gasteiger partial charge is 0.459 e. The molecule has 7 nitrogen and oxygen atoms in total. The fourth-order valence-electron chi connectivity index (χ4n) is 3.67. The van der Waals surface area contributed by atoms with Crippen molar-refractivity contribution in [3.63, 3.8) is 0 Å². The third-order valence-corrected chi connectivity index (χ3v) is 5.42. The lowest BCUT2D eigenvalue weighted by molar-refractivity contribution is -0.120. The summed E-state index contributed by atoms with van der Waals surface area (Å²) < 4.78 is 11.1. The lowest BCUT2D eigenvalue weighted by Crippen LogP contribution is -2.38. The molecule has 0 atom stereocenters. The fourth-order valence-corrected chi connectivity index (χ4v) is 3.67. The smallest absolute Gasteiger partial charge is 0.266 e. The van der Waals surface area contributed by atoms with E-state index in [9.17, 15) is 10.1 Å². The Kier molecular flexibility index (Phi) is 5.57. The summed E-state index contributed by atoms with van der Waals surface area (Å²) in [6.45, 7) is 5.50. The molecule has 2 aromatic heterocycles. The number of furan rings is 1. The average Bonchev–Trinajstić information content (AvgIpc) is 3.43. The van der Waals surface area contributed by atoms with Gasteiger partial charge < -0.3 is 19.1 Å². The van der Waals surface area contributed by atoms with Gasteiger partial charge in [-0.05, 0) is 48.6 Å². The van der Waals surface area contributed by atoms with Crippen LogP contribution in [0.3, 0.4) is 0 Å². The summed E-state index contributed by atoms with van der Waals surface area (Å²) >= 11 is 0. The Balaban J connectivity index is 1.40. The van der Waals surface area contributed by atoms with Gasteiger partial charge in [0.1, 0.15) is 6.07 Å². The molecule has 1 amide bonds. The van der Waals surface area contributed by atoms with E-state index in [0.717, 1.165) is 5.69 Å². The molecule has 1 saturated heterocycles. The Labute approximate surface area is 175 Å². The fraction of sp³-hybridized carbons (Fsp3) is 0.348. The van der Waals surface area contributed by atoms with E-state index < -0.39 is 0 Å². The molecule has 1 aromatic carbocycles. The minimum Gasteiger partial charge on any atom is -0.459 e. The van der Waals surface area contributed by atoms with Gasteiger partial charge >= 0.3 is 0 Å². The first kappa shape index (κ1) is 19.8. The lowest BCUT2D eigenvalue weighted by atomic mass is 9.95. The van der Waals surface area contributed by atoms with Gasteiger partial charge in [0.15, 0.2) is 5.76 Å². The van der Waals surface area contributed by atoms with E-state index in [0.29, 0.717) is 43.5 Å². The number of benzene rings is 1. The monoisotopic (exact) mass is 404 g/mol. The van der Waals surface area contributed by atoms with Gasteiger partial charge in [0, 0.05) is 24.7 Å².